The van der Waals surface area contributed by atoms with E-state index in [1.165, 1.54) is 0 Å². The van der Waals surface area contributed by atoms with E-state index in [9.17, 15) is 5.11 Å². The molecule has 0 spiro atoms. The number of hydrogen-bond acceptors (Lipinski definition) is 5. The monoisotopic (exact) mass is 782 g/mol. The average molecular weight is 784 g/mol. The number of hydrogen-bond donors (Lipinski definition) is 1. The zero-order valence-corrected chi connectivity index (χ0v) is 32.1. The molecule has 0 saturated carbocycles. The summed E-state index contributed by atoms with van der Waals surface area (Å²) in [6, 6.07) is 45.0. The van der Waals surface area contributed by atoms with Crippen LogP contribution in [0.1, 0.15) is 46.8 Å². The second-order valence-corrected chi connectivity index (χ2v) is 14.6. The molecule has 54 heavy (non-hydrogen) atoms. The number of benzene rings is 5. The topological polar surface area (TPSA) is 60.8 Å². The molecule has 1 aromatic heterocycles. The molecule has 0 radical (unpaired) electrons. The van der Waals surface area contributed by atoms with Crippen molar-refractivity contribution in [2.75, 3.05) is 13.1 Å². The Morgan fingerprint density at radius 3 is 1.87 bits per heavy atom. The molecule has 0 aliphatic carbocycles. The maximum Gasteiger partial charge on any atom is 0.203 e. The Bertz CT molecular complexity index is 2080. The first kappa shape index (κ1) is 37.4. The third kappa shape index (κ3) is 8.09. The molecule has 3 aliphatic heterocycles. The molecule has 4 heterocycles. The van der Waals surface area contributed by atoms with Crippen molar-refractivity contribution >= 4 is 10.9 Å². The van der Waals surface area contributed by atoms with Crippen LogP contribution in [0.4, 0.5) is 0 Å². The zero-order valence-electron chi connectivity index (χ0n) is 30.5. The molecule has 7 heteroatoms. The fourth-order valence-electron chi connectivity index (χ4n) is 8.61. The molecule has 6 aromatic rings. The highest BCUT2D eigenvalue weighted by molar-refractivity contribution is 5.82. The summed E-state index contributed by atoms with van der Waals surface area (Å²) in [5.41, 5.74) is 6.14. The van der Waals surface area contributed by atoms with Crippen molar-refractivity contribution in [3.05, 3.63) is 180 Å². The van der Waals surface area contributed by atoms with Gasteiger partial charge < -0.3 is 40.8 Å². The quantitative estimate of drug-likeness (QED) is 0.0996. The lowest BCUT2D eigenvalue weighted by atomic mass is 9.71. The molecular weight excluding hydrogens is 736 g/mol. The van der Waals surface area contributed by atoms with Gasteiger partial charge in [0, 0.05) is 35.9 Å². The van der Waals surface area contributed by atoms with Gasteiger partial charge in [0.1, 0.15) is 38.5 Å². The molecule has 3 saturated heterocycles. The molecule has 3 aliphatic rings. The first-order valence-corrected chi connectivity index (χ1v) is 18.8. The van der Waals surface area contributed by atoms with Crippen molar-refractivity contribution in [3.8, 4) is 17.2 Å². The number of ether oxygens (including phenoxy) is 3. The van der Waals surface area contributed by atoms with E-state index >= 15 is 0 Å². The summed E-state index contributed by atoms with van der Waals surface area (Å²) < 4.78 is 20.7. The Balaban J connectivity index is 0.00000450. The molecule has 3 fully saturated rings. The van der Waals surface area contributed by atoms with E-state index in [4.69, 9.17) is 14.2 Å². The summed E-state index contributed by atoms with van der Waals surface area (Å²) in [4.78, 5) is 4.60. The predicted molar refractivity (Wildman–Crippen MR) is 209 cm³/mol. The molecular formula is C47H47BrN2O4. The Hall–Kier alpha value is -4.95. The van der Waals surface area contributed by atoms with Crippen molar-refractivity contribution in [2.45, 2.75) is 51.4 Å². The highest BCUT2D eigenvalue weighted by Crippen LogP contribution is 2.49. The number of halogens is 1. The van der Waals surface area contributed by atoms with E-state index in [-0.39, 0.29) is 23.0 Å². The van der Waals surface area contributed by atoms with Gasteiger partial charge in [-0.1, -0.05) is 115 Å². The summed E-state index contributed by atoms with van der Waals surface area (Å²) in [7, 11) is 0. The van der Waals surface area contributed by atoms with Crippen LogP contribution in [-0.4, -0.2) is 33.7 Å². The lowest BCUT2D eigenvalue weighted by molar-refractivity contribution is -0.984. The fourth-order valence-corrected chi connectivity index (χ4v) is 8.61. The number of nitrogens with zero attached hydrogens (tertiary/aromatic N) is 2. The lowest BCUT2D eigenvalue weighted by Crippen LogP contribution is -3.00. The first-order chi connectivity index (χ1) is 26.1. The minimum atomic E-state index is -0.646. The minimum Gasteiger partial charge on any atom is -1.00 e. The van der Waals surface area contributed by atoms with Crippen LogP contribution in [0.5, 0.6) is 17.2 Å². The maximum atomic E-state index is 12.4. The number of piperidine rings is 3. The van der Waals surface area contributed by atoms with Gasteiger partial charge in [-0.3, -0.25) is 4.98 Å². The van der Waals surface area contributed by atoms with E-state index in [1.807, 2.05) is 85.1 Å². The molecule has 0 amide bonds. The Morgan fingerprint density at radius 1 is 0.722 bits per heavy atom. The number of aromatic nitrogens is 1. The van der Waals surface area contributed by atoms with E-state index in [0.29, 0.717) is 55.4 Å². The van der Waals surface area contributed by atoms with Crippen LogP contribution in [0.15, 0.2) is 152 Å². The van der Waals surface area contributed by atoms with Gasteiger partial charge in [0.2, 0.25) is 5.75 Å². The largest absolute Gasteiger partial charge is 1.00 e. The molecule has 276 valence electrons. The predicted octanol–water partition coefficient (Wildman–Crippen LogP) is 6.62. The molecule has 6 nitrogen and oxygen atoms in total. The van der Waals surface area contributed by atoms with Crippen molar-refractivity contribution in [1.29, 1.82) is 0 Å². The lowest BCUT2D eigenvalue weighted by Gasteiger charge is -2.58. The molecule has 5 aromatic carbocycles. The zero-order chi connectivity index (χ0) is 36.0. The van der Waals surface area contributed by atoms with Crippen LogP contribution in [-0.2, 0) is 26.4 Å². The molecule has 5 atom stereocenters. The van der Waals surface area contributed by atoms with Crippen LogP contribution in [0.2, 0.25) is 0 Å². The van der Waals surface area contributed by atoms with Crippen molar-refractivity contribution < 1.29 is 40.8 Å². The molecule has 1 unspecified atom stereocenters. The maximum absolute atomic E-state index is 12.4. The molecule has 9 rings (SSSR count). The Labute approximate surface area is 329 Å². The summed E-state index contributed by atoms with van der Waals surface area (Å²) in [6.07, 6.45) is 5.36. The number of aliphatic hydroxyl groups excluding tert-OH is 1. The number of quaternary nitrogens is 1. The highest BCUT2D eigenvalue weighted by atomic mass is 79.9. The Morgan fingerprint density at radius 2 is 1.28 bits per heavy atom. The Kier molecular flexibility index (Phi) is 11.8. The van der Waals surface area contributed by atoms with Crippen LogP contribution in [0.25, 0.3) is 10.9 Å². The van der Waals surface area contributed by atoms with Gasteiger partial charge in [0.05, 0.1) is 18.6 Å². The summed E-state index contributed by atoms with van der Waals surface area (Å²) in [5, 5.41) is 13.4. The van der Waals surface area contributed by atoms with Gasteiger partial charge in [0.15, 0.2) is 11.5 Å². The fraction of sp³-hybridized carbons (Fsp3) is 0.255. The van der Waals surface area contributed by atoms with E-state index < -0.39 is 6.10 Å². The van der Waals surface area contributed by atoms with E-state index in [1.54, 1.807) is 0 Å². The van der Waals surface area contributed by atoms with Crippen LogP contribution in [0.3, 0.4) is 0 Å². The first-order valence-electron chi connectivity index (χ1n) is 18.8. The minimum absolute atomic E-state index is 0. The number of pyridine rings is 1. The van der Waals surface area contributed by atoms with E-state index in [2.05, 4.69) is 72.2 Å². The second-order valence-electron chi connectivity index (χ2n) is 14.6. The van der Waals surface area contributed by atoms with Crippen LogP contribution < -0.4 is 31.2 Å². The smallest absolute Gasteiger partial charge is 0.203 e. The summed E-state index contributed by atoms with van der Waals surface area (Å²) in [5.74, 6) is 2.77. The van der Waals surface area contributed by atoms with Gasteiger partial charge in [-0.2, -0.15) is 0 Å². The molecule has 2 bridgehead atoms. The van der Waals surface area contributed by atoms with Gasteiger partial charge in [-0.25, -0.2) is 0 Å². The third-order valence-corrected chi connectivity index (χ3v) is 11.3. The summed E-state index contributed by atoms with van der Waals surface area (Å²) in [6.45, 7) is 8.03. The SMILES string of the molecule is C=C[C@H]1C[N+]2(Cc3cc(OCc4ccccc4)c(OCc4ccccc4)c(OCc4ccccc4)c3)CC[C@H]1C[C@@H]2[C@@H](O)c1ccnc2ccccc12.[Br-]. The highest BCUT2D eigenvalue weighted by Gasteiger charge is 2.54. The van der Waals surface area contributed by atoms with Crippen LogP contribution in [0, 0.1) is 11.8 Å². The van der Waals surface area contributed by atoms with Gasteiger partial charge in [-0.15, -0.1) is 6.58 Å². The number of fused-ring (bicyclic) bond motifs is 4. The van der Waals surface area contributed by atoms with Crippen molar-refractivity contribution in [3.63, 3.8) is 0 Å². The standard InChI is InChI=1S/C47H47N2O4.BrH/c1-2-38-30-49(25-23-39(38)28-43(49)46(50)41-22-24-48-42-21-13-12-20-40(41)42)29-37-26-44(51-31-34-14-6-3-7-15-34)47(53-33-36-18-10-5-11-19-36)45(27-37)52-32-35-16-8-4-9-17-35;/h2-22,24,26-27,38-39,43,46,50H,1,23,25,28-33H2;1H/q+1;/p-1/t38-,39-,43+,46-,49?;/m0./s1. The third-order valence-electron chi connectivity index (χ3n) is 11.3. The number of rotatable bonds is 14. The van der Waals surface area contributed by atoms with Gasteiger partial charge in [-0.05, 0) is 52.4 Å². The second kappa shape index (κ2) is 17.0. The number of para-hydroxylation sites is 1. The van der Waals surface area contributed by atoms with Crippen LogP contribution >= 0.6 is 0 Å². The van der Waals surface area contributed by atoms with Crippen molar-refractivity contribution in [2.24, 2.45) is 11.8 Å². The average Bonchev–Trinajstić information content (AvgIpc) is 3.22. The number of aliphatic hydroxyl groups is 1. The van der Waals surface area contributed by atoms with Gasteiger partial charge >= 0.3 is 0 Å². The normalized spacial score (nSPS) is 20.8. The summed E-state index contributed by atoms with van der Waals surface area (Å²) >= 11 is 0. The van der Waals surface area contributed by atoms with Crippen molar-refractivity contribution in [1.82, 2.24) is 4.98 Å². The molecule has 1 N–H and O–H groups in total. The van der Waals surface area contributed by atoms with E-state index in [0.717, 1.165) is 69.1 Å². The van der Waals surface area contributed by atoms with Gasteiger partial charge in [0.25, 0.3) is 0 Å².